The lowest BCUT2D eigenvalue weighted by molar-refractivity contribution is -0.132. The van der Waals surface area contributed by atoms with Gasteiger partial charge in [-0.15, -0.1) is 0 Å². The molecule has 2 N–H and O–H groups in total. The first-order valence-corrected chi connectivity index (χ1v) is 5.60. The van der Waals surface area contributed by atoms with Crippen molar-refractivity contribution in [1.29, 1.82) is 0 Å². The molecule has 0 saturated carbocycles. The first-order valence-electron chi connectivity index (χ1n) is 5.60. The van der Waals surface area contributed by atoms with Gasteiger partial charge in [0.05, 0.1) is 6.04 Å². The maximum atomic E-state index is 11.7. The molecule has 90 valence electrons. The largest absolute Gasteiger partial charge is 0.369 e. The molecular weight excluding hydrogens is 206 g/mol. The van der Waals surface area contributed by atoms with Crippen molar-refractivity contribution in [2.75, 3.05) is 6.61 Å². The molecule has 0 radical (unpaired) electrons. The van der Waals surface area contributed by atoms with Crippen molar-refractivity contribution in [3.8, 4) is 0 Å². The fraction of sp³-hybridized carbons (Fsp3) is 0.636. The van der Waals surface area contributed by atoms with Gasteiger partial charge in [-0.25, -0.2) is 4.98 Å². The van der Waals surface area contributed by atoms with Crippen molar-refractivity contribution in [2.45, 2.75) is 39.3 Å². The van der Waals surface area contributed by atoms with Crippen LogP contribution in [-0.2, 0) is 9.53 Å². The van der Waals surface area contributed by atoms with Crippen LogP contribution in [0.15, 0.2) is 12.4 Å². The summed E-state index contributed by atoms with van der Waals surface area (Å²) in [5.41, 5.74) is 0. The molecule has 1 aromatic heterocycles. The molecule has 1 rings (SSSR count). The first kappa shape index (κ1) is 12.7. The van der Waals surface area contributed by atoms with Gasteiger partial charge in [-0.2, -0.15) is 0 Å². The number of rotatable bonds is 6. The number of aromatic amines is 1. The van der Waals surface area contributed by atoms with Gasteiger partial charge in [0.2, 0.25) is 5.91 Å². The standard InChI is InChI=1S/C11H19N3O2/c1-4-9(10-12-6-7-13-10)14-11(15)8(3)16-5-2/h6-9H,4-5H2,1-3H3,(H,12,13)(H,14,15)/t8-,9+/m0/s1. The highest BCUT2D eigenvalue weighted by atomic mass is 16.5. The maximum absolute atomic E-state index is 11.7. The third-order valence-corrected chi connectivity index (χ3v) is 2.36. The Morgan fingerprint density at radius 3 is 2.88 bits per heavy atom. The number of hydrogen-bond acceptors (Lipinski definition) is 3. The van der Waals surface area contributed by atoms with Crippen molar-refractivity contribution in [3.63, 3.8) is 0 Å². The molecule has 0 aliphatic rings. The second-order valence-corrected chi connectivity index (χ2v) is 3.54. The zero-order chi connectivity index (χ0) is 12.0. The van der Waals surface area contributed by atoms with Crippen LogP contribution in [0.2, 0.25) is 0 Å². The van der Waals surface area contributed by atoms with E-state index in [1.807, 2.05) is 13.8 Å². The first-order chi connectivity index (χ1) is 7.69. The Balaban J connectivity index is 2.54. The summed E-state index contributed by atoms with van der Waals surface area (Å²) < 4.78 is 5.22. The average molecular weight is 225 g/mol. The van der Waals surface area contributed by atoms with Crippen LogP contribution in [0.5, 0.6) is 0 Å². The van der Waals surface area contributed by atoms with Crippen LogP contribution >= 0.6 is 0 Å². The predicted molar refractivity (Wildman–Crippen MR) is 60.9 cm³/mol. The molecule has 1 aromatic rings. The van der Waals surface area contributed by atoms with Crippen molar-refractivity contribution in [2.24, 2.45) is 0 Å². The number of carbonyl (C=O) groups excluding carboxylic acids is 1. The van der Waals surface area contributed by atoms with E-state index in [1.54, 1.807) is 19.3 Å². The summed E-state index contributed by atoms with van der Waals surface area (Å²) in [5.74, 6) is 0.671. The highest BCUT2D eigenvalue weighted by Crippen LogP contribution is 2.11. The van der Waals surface area contributed by atoms with E-state index in [4.69, 9.17) is 4.74 Å². The third kappa shape index (κ3) is 3.34. The second-order valence-electron chi connectivity index (χ2n) is 3.54. The van der Waals surface area contributed by atoms with Crippen LogP contribution in [-0.4, -0.2) is 28.6 Å². The molecule has 16 heavy (non-hydrogen) atoms. The van der Waals surface area contributed by atoms with E-state index in [2.05, 4.69) is 15.3 Å². The van der Waals surface area contributed by atoms with Crippen LogP contribution in [0, 0.1) is 0 Å². The molecule has 0 aromatic carbocycles. The van der Waals surface area contributed by atoms with Crippen LogP contribution in [0.4, 0.5) is 0 Å². The number of aromatic nitrogens is 2. The normalized spacial score (nSPS) is 14.4. The lowest BCUT2D eigenvalue weighted by Crippen LogP contribution is -2.37. The number of imidazole rings is 1. The number of nitrogens with zero attached hydrogens (tertiary/aromatic N) is 1. The van der Waals surface area contributed by atoms with Crippen LogP contribution in [0.1, 0.15) is 39.1 Å². The number of amides is 1. The summed E-state index contributed by atoms with van der Waals surface area (Å²) in [7, 11) is 0. The maximum Gasteiger partial charge on any atom is 0.249 e. The Hall–Kier alpha value is -1.36. The highest BCUT2D eigenvalue weighted by Gasteiger charge is 2.19. The summed E-state index contributed by atoms with van der Waals surface area (Å²) in [4.78, 5) is 18.9. The van der Waals surface area contributed by atoms with Crippen molar-refractivity contribution < 1.29 is 9.53 Å². The Morgan fingerprint density at radius 1 is 1.62 bits per heavy atom. The van der Waals surface area contributed by atoms with Gasteiger partial charge in [0.15, 0.2) is 0 Å². The van der Waals surface area contributed by atoms with E-state index in [1.165, 1.54) is 0 Å². The third-order valence-electron chi connectivity index (χ3n) is 2.36. The van der Waals surface area contributed by atoms with Gasteiger partial charge in [-0.1, -0.05) is 6.92 Å². The van der Waals surface area contributed by atoms with Gasteiger partial charge < -0.3 is 15.0 Å². The fourth-order valence-corrected chi connectivity index (χ4v) is 1.45. The van der Waals surface area contributed by atoms with E-state index in [0.29, 0.717) is 6.61 Å². The lowest BCUT2D eigenvalue weighted by Gasteiger charge is -2.18. The second kappa shape index (κ2) is 6.27. The molecular formula is C11H19N3O2. The Kier molecular flexibility index (Phi) is 4.98. The van der Waals surface area contributed by atoms with E-state index in [0.717, 1.165) is 12.2 Å². The minimum absolute atomic E-state index is 0.0783. The lowest BCUT2D eigenvalue weighted by atomic mass is 10.2. The molecule has 0 aliphatic heterocycles. The minimum Gasteiger partial charge on any atom is -0.369 e. The predicted octanol–water partition coefficient (Wildman–Crippen LogP) is 1.40. The molecule has 0 saturated heterocycles. The molecule has 0 spiro atoms. The Morgan fingerprint density at radius 2 is 2.38 bits per heavy atom. The number of H-pyrrole nitrogens is 1. The molecule has 5 nitrogen and oxygen atoms in total. The van der Waals surface area contributed by atoms with Gasteiger partial charge in [0, 0.05) is 19.0 Å². The molecule has 0 aliphatic carbocycles. The molecule has 5 heteroatoms. The number of ether oxygens (including phenoxy) is 1. The summed E-state index contributed by atoms with van der Waals surface area (Å²) in [6.45, 7) is 6.15. The van der Waals surface area contributed by atoms with Crippen molar-refractivity contribution in [1.82, 2.24) is 15.3 Å². The van der Waals surface area contributed by atoms with Gasteiger partial charge in [-0.3, -0.25) is 4.79 Å². The summed E-state index contributed by atoms with van der Waals surface area (Å²) >= 11 is 0. The topological polar surface area (TPSA) is 67.0 Å². The Labute approximate surface area is 95.6 Å². The number of carbonyl (C=O) groups is 1. The summed E-state index contributed by atoms with van der Waals surface area (Å²) in [5, 5.41) is 2.90. The summed E-state index contributed by atoms with van der Waals surface area (Å²) in [6, 6.07) is -0.0783. The molecule has 0 bridgehead atoms. The van der Waals surface area contributed by atoms with E-state index in [-0.39, 0.29) is 11.9 Å². The molecule has 2 atom stereocenters. The average Bonchev–Trinajstić information content (AvgIpc) is 2.79. The van der Waals surface area contributed by atoms with Gasteiger partial charge in [0.1, 0.15) is 11.9 Å². The zero-order valence-electron chi connectivity index (χ0n) is 9.99. The summed E-state index contributed by atoms with van der Waals surface area (Å²) in [6.07, 6.45) is 3.79. The molecule has 1 amide bonds. The zero-order valence-corrected chi connectivity index (χ0v) is 9.99. The SMILES string of the molecule is CCO[C@@H](C)C(=O)N[C@H](CC)c1ncc[nH]1. The number of nitrogens with one attached hydrogen (secondary N) is 2. The minimum atomic E-state index is -0.422. The van der Waals surface area contributed by atoms with Crippen molar-refractivity contribution >= 4 is 5.91 Å². The monoisotopic (exact) mass is 225 g/mol. The van der Waals surface area contributed by atoms with Crippen LogP contribution in [0.25, 0.3) is 0 Å². The number of hydrogen-bond donors (Lipinski definition) is 2. The van der Waals surface area contributed by atoms with Crippen molar-refractivity contribution in [3.05, 3.63) is 18.2 Å². The van der Waals surface area contributed by atoms with Crippen LogP contribution < -0.4 is 5.32 Å². The Bertz CT molecular complexity index is 311. The van der Waals surface area contributed by atoms with Gasteiger partial charge in [0.25, 0.3) is 0 Å². The van der Waals surface area contributed by atoms with E-state index < -0.39 is 6.10 Å². The molecule has 0 unspecified atom stereocenters. The van der Waals surface area contributed by atoms with Crippen LogP contribution in [0.3, 0.4) is 0 Å². The van der Waals surface area contributed by atoms with E-state index >= 15 is 0 Å². The van der Waals surface area contributed by atoms with Gasteiger partial charge in [-0.05, 0) is 20.3 Å². The molecule has 1 heterocycles. The molecule has 0 fully saturated rings. The fourth-order valence-electron chi connectivity index (χ4n) is 1.45. The van der Waals surface area contributed by atoms with E-state index in [9.17, 15) is 4.79 Å². The highest BCUT2D eigenvalue weighted by molar-refractivity contribution is 5.80. The quantitative estimate of drug-likeness (QED) is 0.769. The smallest absolute Gasteiger partial charge is 0.249 e. The van der Waals surface area contributed by atoms with Gasteiger partial charge >= 0.3 is 0 Å².